The van der Waals surface area contributed by atoms with Crippen LogP contribution in [0.2, 0.25) is 0 Å². The number of aryl methyl sites for hydroxylation is 1. The SMILES string of the molecule is Cc1ccc2nc(CSc3nnc(NC(=O)c4cccs4)s3)cc(=O)n2c1. The Hall–Kier alpha value is -2.56. The molecule has 1 N–H and O–H groups in total. The molecule has 1 amide bonds. The lowest BCUT2D eigenvalue weighted by atomic mass is 10.3. The molecule has 7 nitrogen and oxygen atoms in total. The predicted molar refractivity (Wildman–Crippen MR) is 108 cm³/mol. The zero-order valence-electron chi connectivity index (χ0n) is 14.1. The number of thiophene rings is 1. The first kappa shape index (κ1) is 17.8. The number of carbonyl (C=O) groups is 1. The standard InChI is InChI=1S/C17H13N5O2S3/c1-10-4-5-13-18-11(7-14(23)22(13)8-10)9-26-17-21-20-16(27-17)19-15(24)12-3-2-6-25-12/h2-8H,9H2,1H3,(H,19,20,24). The summed E-state index contributed by atoms with van der Waals surface area (Å²) in [4.78, 5) is 29.4. The number of rotatable bonds is 5. The summed E-state index contributed by atoms with van der Waals surface area (Å²) in [5.41, 5.74) is 2.18. The van der Waals surface area contributed by atoms with Crippen molar-refractivity contribution in [3.05, 3.63) is 68.4 Å². The Kier molecular flexibility index (Phi) is 5.01. The normalized spacial score (nSPS) is 11.0. The fourth-order valence-electron chi connectivity index (χ4n) is 2.35. The summed E-state index contributed by atoms with van der Waals surface area (Å²) in [5, 5.41) is 13.1. The van der Waals surface area contributed by atoms with E-state index < -0.39 is 0 Å². The zero-order chi connectivity index (χ0) is 18.8. The first-order chi connectivity index (χ1) is 13.1. The molecule has 4 heterocycles. The number of hydrogen-bond donors (Lipinski definition) is 1. The summed E-state index contributed by atoms with van der Waals surface area (Å²) in [6, 6.07) is 8.85. The van der Waals surface area contributed by atoms with Crippen LogP contribution in [0.1, 0.15) is 20.9 Å². The van der Waals surface area contributed by atoms with E-state index in [9.17, 15) is 9.59 Å². The van der Waals surface area contributed by atoms with Gasteiger partial charge in [-0.25, -0.2) is 4.98 Å². The van der Waals surface area contributed by atoms with Crippen molar-refractivity contribution in [3.8, 4) is 0 Å². The van der Waals surface area contributed by atoms with Crippen molar-refractivity contribution in [3.63, 3.8) is 0 Å². The molecule has 27 heavy (non-hydrogen) atoms. The van der Waals surface area contributed by atoms with Gasteiger partial charge in [0.25, 0.3) is 11.5 Å². The van der Waals surface area contributed by atoms with Gasteiger partial charge in [0.1, 0.15) is 5.65 Å². The van der Waals surface area contributed by atoms with E-state index in [0.29, 0.717) is 31.4 Å². The highest BCUT2D eigenvalue weighted by atomic mass is 32.2. The molecule has 0 spiro atoms. The van der Waals surface area contributed by atoms with Crippen LogP contribution in [0.25, 0.3) is 5.65 Å². The number of fused-ring (bicyclic) bond motifs is 1. The summed E-state index contributed by atoms with van der Waals surface area (Å²) in [7, 11) is 0. The smallest absolute Gasteiger partial charge is 0.267 e. The van der Waals surface area contributed by atoms with Gasteiger partial charge >= 0.3 is 0 Å². The van der Waals surface area contributed by atoms with Gasteiger partial charge in [-0.15, -0.1) is 21.5 Å². The fraction of sp³-hybridized carbons (Fsp3) is 0.118. The van der Waals surface area contributed by atoms with Crippen LogP contribution in [0.5, 0.6) is 0 Å². The van der Waals surface area contributed by atoms with Gasteiger partial charge in [-0.2, -0.15) is 0 Å². The van der Waals surface area contributed by atoms with E-state index in [0.717, 1.165) is 5.56 Å². The van der Waals surface area contributed by atoms with Gasteiger partial charge in [-0.05, 0) is 30.0 Å². The minimum Gasteiger partial charge on any atom is -0.296 e. The second kappa shape index (κ2) is 7.59. The maximum atomic E-state index is 12.2. The fourth-order valence-corrected chi connectivity index (χ4v) is 4.61. The van der Waals surface area contributed by atoms with Crippen LogP contribution in [0.15, 0.2) is 51.0 Å². The summed E-state index contributed by atoms with van der Waals surface area (Å²) < 4.78 is 2.23. The molecule has 136 valence electrons. The number of aromatic nitrogens is 4. The van der Waals surface area contributed by atoms with Crippen LogP contribution < -0.4 is 10.9 Å². The van der Waals surface area contributed by atoms with Crippen molar-refractivity contribution in [1.82, 2.24) is 19.6 Å². The van der Waals surface area contributed by atoms with Crippen molar-refractivity contribution >= 4 is 51.1 Å². The third kappa shape index (κ3) is 4.07. The van der Waals surface area contributed by atoms with E-state index in [2.05, 4.69) is 20.5 Å². The van der Waals surface area contributed by atoms with E-state index in [-0.39, 0.29) is 11.5 Å². The Morgan fingerprint density at radius 1 is 1.30 bits per heavy atom. The molecule has 0 aliphatic carbocycles. The Morgan fingerprint density at radius 2 is 2.19 bits per heavy atom. The summed E-state index contributed by atoms with van der Waals surface area (Å²) in [6.07, 6.45) is 1.77. The van der Waals surface area contributed by atoms with Crippen LogP contribution >= 0.6 is 34.4 Å². The maximum absolute atomic E-state index is 12.2. The molecular weight excluding hydrogens is 402 g/mol. The van der Waals surface area contributed by atoms with Crippen molar-refractivity contribution in [2.45, 2.75) is 17.0 Å². The summed E-state index contributed by atoms with van der Waals surface area (Å²) in [6.45, 7) is 1.93. The van der Waals surface area contributed by atoms with E-state index in [4.69, 9.17) is 0 Å². The lowest BCUT2D eigenvalue weighted by Gasteiger charge is -2.04. The first-order valence-electron chi connectivity index (χ1n) is 7.88. The van der Waals surface area contributed by atoms with E-state index in [1.165, 1.54) is 44.9 Å². The van der Waals surface area contributed by atoms with Crippen molar-refractivity contribution in [2.24, 2.45) is 0 Å². The highest BCUT2D eigenvalue weighted by Crippen LogP contribution is 2.28. The topological polar surface area (TPSA) is 89.2 Å². The molecule has 0 atom stereocenters. The number of carbonyl (C=O) groups excluding carboxylic acids is 1. The van der Waals surface area contributed by atoms with Crippen molar-refractivity contribution < 1.29 is 4.79 Å². The lowest BCUT2D eigenvalue weighted by molar-refractivity contribution is 0.103. The lowest BCUT2D eigenvalue weighted by Crippen LogP contribution is -2.15. The number of hydrogen-bond acceptors (Lipinski definition) is 8. The highest BCUT2D eigenvalue weighted by molar-refractivity contribution is 8.00. The molecule has 0 aliphatic rings. The van der Waals surface area contributed by atoms with Gasteiger partial charge in [0.15, 0.2) is 4.34 Å². The predicted octanol–water partition coefficient (Wildman–Crippen LogP) is 3.46. The van der Waals surface area contributed by atoms with Gasteiger partial charge in [0.05, 0.1) is 10.6 Å². The van der Waals surface area contributed by atoms with Crippen LogP contribution in [0.4, 0.5) is 5.13 Å². The monoisotopic (exact) mass is 415 g/mol. The quantitative estimate of drug-likeness (QED) is 0.397. The van der Waals surface area contributed by atoms with E-state index in [1.54, 1.807) is 12.3 Å². The van der Waals surface area contributed by atoms with Crippen LogP contribution in [-0.2, 0) is 5.75 Å². The Bertz CT molecular complexity index is 1170. The van der Waals surface area contributed by atoms with Gasteiger partial charge in [-0.1, -0.05) is 35.2 Å². The zero-order valence-corrected chi connectivity index (χ0v) is 16.5. The molecule has 4 aromatic heterocycles. The Morgan fingerprint density at radius 3 is 3.00 bits per heavy atom. The molecule has 0 aromatic carbocycles. The van der Waals surface area contributed by atoms with Crippen LogP contribution in [0, 0.1) is 6.92 Å². The first-order valence-corrected chi connectivity index (χ1v) is 10.6. The van der Waals surface area contributed by atoms with Gasteiger partial charge in [0.2, 0.25) is 5.13 Å². The molecule has 10 heteroatoms. The molecule has 0 bridgehead atoms. The number of anilines is 1. The number of pyridine rings is 1. The minimum absolute atomic E-state index is 0.111. The van der Waals surface area contributed by atoms with Crippen molar-refractivity contribution in [1.29, 1.82) is 0 Å². The van der Waals surface area contributed by atoms with E-state index >= 15 is 0 Å². The van der Waals surface area contributed by atoms with Crippen LogP contribution in [0.3, 0.4) is 0 Å². The van der Waals surface area contributed by atoms with Gasteiger partial charge in [0, 0.05) is 18.0 Å². The molecule has 0 radical (unpaired) electrons. The number of nitrogens with zero attached hydrogens (tertiary/aromatic N) is 4. The van der Waals surface area contributed by atoms with Gasteiger partial charge in [-0.3, -0.25) is 19.3 Å². The summed E-state index contributed by atoms with van der Waals surface area (Å²) >= 11 is 4.08. The average Bonchev–Trinajstić information content (AvgIpc) is 3.32. The second-order valence-electron chi connectivity index (χ2n) is 5.61. The Labute approximate surface area is 166 Å². The number of thioether (sulfide) groups is 1. The third-order valence-corrected chi connectivity index (χ3v) is 6.45. The molecule has 0 unspecified atom stereocenters. The molecule has 0 aliphatic heterocycles. The average molecular weight is 416 g/mol. The molecule has 0 saturated carbocycles. The minimum atomic E-state index is -0.197. The van der Waals surface area contributed by atoms with Gasteiger partial charge < -0.3 is 0 Å². The molecule has 4 rings (SSSR count). The number of amides is 1. The third-order valence-electron chi connectivity index (χ3n) is 3.58. The molecular formula is C17H13N5O2S3. The second-order valence-corrected chi connectivity index (χ2v) is 8.76. The highest BCUT2D eigenvalue weighted by Gasteiger charge is 2.12. The largest absolute Gasteiger partial charge is 0.296 e. The van der Waals surface area contributed by atoms with Crippen molar-refractivity contribution in [2.75, 3.05) is 5.32 Å². The number of nitrogens with one attached hydrogen (secondary N) is 1. The summed E-state index contributed by atoms with van der Waals surface area (Å²) in [5.74, 6) is 0.296. The molecule has 0 saturated heterocycles. The van der Waals surface area contributed by atoms with E-state index in [1.807, 2.05) is 30.5 Å². The Balaban J connectivity index is 1.44. The molecule has 4 aromatic rings. The maximum Gasteiger partial charge on any atom is 0.267 e. The van der Waals surface area contributed by atoms with Crippen LogP contribution in [-0.4, -0.2) is 25.5 Å². The molecule has 0 fully saturated rings.